The second-order valence-electron chi connectivity index (χ2n) is 5.62. The van der Waals surface area contributed by atoms with Gasteiger partial charge in [-0.1, -0.05) is 0 Å². The minimum absolute atomic E-state index is 0.0154. The summed E-state index contributed by atoms with van der Waals surface area (Å²) < 4.78 is 10.5. The van der Waals surface area contributed by atoms with Crippen molar-refractivity contribution in [1.29, 1.82) is 0 Å². The molecule has 0 saturated carbocycles. The lowest BCUT2D eigenvalue weighted by Crippen LogP contribution is -2.31. The summed E-state index contributed by atoms with van der Waals surface area (Å²) in [6.45, 7) is 7.17. The monoisotopic (exact) mass is 306 g/mol. The van der Waals surface area contributed by atoms with Gasteiger partial charge in [0, 0.05) is 32.3 Å². The summed E-state index contributed by atoms with van der Waals surface area (Å²) in [6.07, 6.45) is 1.13. The van der Waals surface area contributed by atoms with Gasteiger partial charge in [-0.2, -0.15) is 0 Å². The van der Waals surface area contributed by atoms with Gasteiger partial charge in [-0.3, -0.25) is 4.79 Å². The van der Waals surface area contributed by atoms with Crippen molar-refractivity contribution in [2.45, 2.75) is 13.3 Å². The van der Waals surface area contributed by atoms with E-state index in [0.29, 0.717) is 18.1 Å². The Morgan fingerprint density at radius 1 is 1.36 bits per heavy atom. The van der Waals surface area contributed by atoms with Crippen LogP contribution in [0.5, 0.6) is 5.75 Å². The standard InChI is InChI=1S/C17H26N2O3/c1-3-22-16-6-4-15(5-7-16)17(20)18-12-14-8-9-19(13-14)10-11-21-2/h4-7,14H,3,8-13H2,1-2H3,(H,18,20). The minimum Gasteiger partial charge on any atom is -0.494 e. The third-order valence-corrected chi connectivity index (χ3v) is 3.96. The van der Waals surface area contributed by atoms with Crippen LogP contribution in [0.2, 0.25) is 0 Å². The third kappa shape index (κ3) is 5.00. The van der Waals surface area contributed by atoms with E-state index >= 15 is 0 Å². The Labute approximate surface area is 132 Å². The van der Waals surface area contributed by atoms with E-state index in [1.807, 2.05) is 19.1 Å². The predicted molar refractivity (Wildman–Crippen MR) is 86.4 cm³/mol. The van der Waals surface area contributed by atoms with Crippen LogP contribution < -0.4 is 10.1 Å². The Morgan fingerprint density at radius 3 is 2.82 bits per heavy atom. The average Bonchev–Trinajstić information content (AvgIpc) is 2.99. The first kappa shape index (κ1) is 16.8. The van der Waals surface area contributed by atoms with Crippen molar-refractivity contribution in [3.05, 3.63) is 29.8 Å². The Balaban J connectivity index is 1.73. The molecule has 1 saturated heterocycles. The highest BCUT2D eigenvalue weighted by atomic mass is 16.5. The van der Waals surface area contributed by atoms with Gasteiger partial charge in [0.25, 0.3) is 5.91 Å². The van der Waals surface area contributed by atoms with Crippen molar-refractivity contribution in [2.24, 2.45) is 5.92 Å². The molecule has 1 fully saturated rings. The number of carbonyl (C=O) groups excluding carboxylic acids is 1. The van der Waals surface area contributed by atoms with E-state index in [9.17, 15) is 4.79 Å². The fourth-order valence-electron chi connectivity index (χ4n) is 2.71. The number of amides is 1. The van der Waals surface area contributed by atoms with E-state index in [-0.39, 0.29) is 5.91 Å². The van der Waals surface area contributed by atoms with E-state index in [1.54, 1.807) is 19.2 Å². The molecule has 1 aliphatic rings. The zero-order valence-corrected chi connectivity index (χ0v) is 13.5. The van der Waals surface area contributed by atoms with Crippen LogP contribution in [0.4, 0.5) is 0 Å². The summed E-state index contributed by atoms with van der Waals surface area (Å²) in [5.74, 6) is 1.31. The molecule has 122 valence electrons. The van der Waals surface area contributed by atoms with Gasteiger partial charge in [0.05, 0.1) is 13.2 Å². The quantitative estimate of drug-likeness (QED) is 0.795. The molecule has 2 rings (SSSR count). The molecule has 0 radical (unpaired) electrons. The van der Waals surface area contributed by atoms with Crippen molar-refractivity contribution in [3.8, 4) is 5.75 Å². The topological polar surface area (TPSA) is 50.8 Å². The van der Waals surface area contributed by atoms with Gasteiger partial charge in [-0.25, -0.2) is 0 Å². The molecule has 0 bridgehead atoms. The maximum absolute atomic E-state index is 12.1. The molecule has 1 amide bonds. The summed E-state index contributed by atoms with van der Waals surface area (Å²) in [6, 6.07) is 7.28. The van der Waals surface area contributed by atoms with Crippen LogP contribution >= 0.6 is 0 Å². The first-order valence-corrected chi connectivity index (χ1v) is 7.95. The van der Waals surface area contributed by atoms with E-state index in [4.69, 9.17) is 9.47 Å². The smallest absolute Gasteiger partial charge is 0.251 e. The number of nitrogens with one attached hydrogen (secondary N) is 1. The number of methoxy groups -OCH3 is 1. The van der Waals surface area contributed by atoms with Gasteiger partial charge in [0.15, 0.2) is 0 Å². The van der Waals surface area contributed by atoms with E-state index in [0.717, 1.165) is 45.0 Å². The fraction of sp³-hybridized carbons (Fsp3) is 0.588. The molecule has 0 spiro atoms. The number of rotatable bonds is 8. The second kappa shape index (κ2) is 8.76. The van der Waals surface area contributed by atoms with Gasteiger partial charge >= 0.3 is 0 Å². The molecule has 1 atom stereocenters. The summed E-state index contributed by atoms with van der Waals surface area (Å²) >= 11 is 0. The van der Waals surface area contributed by atoms with E-state index in [1.165, 1.54) is 0 Å². The number of hydrogen-bond donors (Lipinski definition) is 1. The average molecular weight is 306 g/mol. The molecule has 0 aromatic heterocycles. The van der Waals surface area contributed by atoms with Crippen LogP contribution in [0.25, 0.3) is 0 Å². The molecule has 22 heavy (non-hydrogen) atoms. The number of hydrogen-bond acceptors (Lipinski definition) is 4. The Bertz CT molecular complexity index is 461. The maximum atomic E-state index is 12.1. The first-order valence-electron chi connectivity index (χ1n) is 7.95. The van der Waals surface area contributed by atoms with Crippen molar-refractivity contribution >= 4 is 5.91 Å². The predicted octanol–water partition coefficient (Wildman–Crippen LogP) is 1.78. The highest BCUT2D eigenvalue weighted by Crippen LogP contribution is 2.15. The molecule has 1 aromatic rings. The van der Waals surface area contributed by atoms with Crippen molar-refractivity contribution in [3.63, 3.8) is 0 Å². The molecule has 1 heterocycles. The highest BCUT2D eigenvalue weighted by Gasteiger charge is 2.22. The lowest BCUT2D eigenvalue weighted by molar-refractivity contribution is 0.0946. The summed E-state index contributed by atoms with van der Waals surface area (Å²) in [5.41, 5.74) is 0.678. The van der Waals surface area contributed by atoms with Gasteiger partial charge in [0.1, 0.15) is 5.75 Å². The van der Waals surface area contributed by atoms with Crippen LogP contribution in [-0.4, -0.2) is 57.3 Å². The summed E-state index contributed by atoms with van der Waals surface area (Å²) in [4.78, 5) is 14.5. The first-order chi connectivity index (χ1) is 10.7. The molecular formula is C17H26N2O3. The van der Waals surface area contributed by atoms with Crippen LogP contribution in [-0.2, 0) is 4.74 Å². The van der Waals surface area contributed by atoms with Crippen LogP contribution in [0.1, 0.15) is 23.7 Å². The zero-order chi connectivity index (χ0) is 15.8. The Kier molecular flexibility index (Phi) is 6.68. The molecule has 5 heteroatoms. The van der Waals surface area contributed by atoms with Crippen LogP contribution in [0.3, 0.4) is 0 Å². The number of nitrogens with zero attached hydrogens (tertiary/aromatic N) is 1. The van der Waals surface area contributed by atoms with Crippen LogP contribution in [0, 0.1) is 5.92 Å². The fourth-order valence-corrected chi connectivity index (χ4v) is 2.71. The lowest BCUT2D eigenvalue weighted by atomic mass is 10.1. The summed E-state index contributed by atoms with van der Waals surface area (Å²) in [5, 5.41) is 3.03. The van der Waals surface area contributed by atoms with Crippen LogP contribution in [0.15, 0.2) is 24.3 Å². The summed E-state index contributed by atoms with van der Waals surface area (Å²) in [7, 11) is 1.73. The number of benzene rings is 1. The van der Waals surface area contributed by atoms with Gasteiger partial charge in [-0.05, 0) is 50.1 Å². The van der Waals surface area contributed by atoms with E-state index < -0.39 is 0 Å². The molecule has 1 aliphatic heterocycles. The molecule has 5 nitrogen and oxygen atoms in total. The molecule has 0 aliphatic carbocycles. The number of likely N-dealkylation sites (tertiary alicyclic amines) is 1. The van der Waals surface area contributed by atoms with Gasteiger partial charge in [0.2, 0.25) is 0 Å². The number of ether oxygens (including phenoxy) is 2. The SMILES string of the molecule is CCOc1ccc(C(=O)NCC2CCN(CCOC)C2)cc1. The third-order valence-electron chi connectivity index (χ3n) is 3.96. The second-order valence-corrected chi connectivity index (χ2v) is 5.62. The highest BCUT2D eigenvalue weighted by molar-refractivity contribution is 5.94. The largest absolute Gasteiger partial charge is 0.494 e. The zero-order valence-electron chi connectivity index (χ0n) is 13.5. The minimum atomic E-state index is -0.0154. The normalized spacial score (nSPS) is 18.4. The molecule has 1 unspecified atom stereocenters. The lowest BCUT2D eigenvalue weighted by Gasteiger charge is -2.15. The number of carbonyl (C=O) groups is 1. The Morgan fingerprint density at radius 2 is 2.14 bits per heavy atom. The van der Waals surface area contributed by atoms with Crippen molar-refractivity contribution in [2.75, 3.05) is 46.5 Å². The van der Waals surface area contributed by atoms with Gasteiger partial charge < -0.3 is 19.7 Å². The molecular weight excluding hydrogens is 280 g/mol. The maximum Gasteiger partial charge on any atom is 0.251 e. The molecule has 1 N–H and O–H groups in total. The van der Waals surface area contributed by atoms with Crippen molar-refractivity contribution < 1.29 is 14.3 Å². The Hall–Kier alpha value is -1.59. The van der Waals surface area contributed by atoms with Crippen molar-refractivity contribution in [1.82, 2.24) is 10.2 Å². The van der Waals surface area contributed by atoms with Gasteiger partial charge in [-0.15, -0.1) is 0 Å². The van der Waals surface area contributed by atoms with E-state index in [2.05, 4.69) is 10.2 Å². The molecule has 1 aromatic carbocycles.